The lowest BCUT2D eigenvalue weighted by atomic mass is 10.2. The van der Waals surface area contributed by atoms with Gasteiger partial charge in [0.2, 0.25) is 5.95 Å². The molecule has 4 rings (SSSR count). The average molecular weight is 463 g/mol. The van der Waals surface area contributed by atoms with Gasteiger partial charge in [0, 0.05) is 31.1 Å². The fraction of sp³-hybridized carbons (Fsp3) is 0.476. The van der Waals surface area contributed by atoms with Gasteiger partial charge in [-0.1, -0.05) is 0 Å². The van der Waals surface area contributed by atoms with Crippen LogP contribution in [0.3, 0.4) is 0 Å². The van der Waals surface area contributed by atoms with Crippen molar-refractivity contribution < 1.29 is 19.0 Å². The van der Waals surface area contributed by atoms with Crippen LogP contribution in [-0.4, -0.2) is 61.0 Å². The van der Waals surface area contributed by atoms with Gasteiger partial charge in [-0.15, -0.1) is 0 Å². The third kappa shape index (κ3) is 6.38. The Bertz CT molecular complexity index is 927. The van der Waals surface area contributed by atoms with Crippen LogP contribution >= 0.6 is 13.5 Å². The van der Waals surface area contributed by atoms with Gasteiger partial charge in [0.1, 0.15) is 24.3 Å². The van der Waals surface area contributed by atoms with Crippen LogP contribution in [0, 0.1) is 0 Å². The van der Waals surface area contributed by atoms with Crippen molar-refractivity contribution in [2.24, 2.45) is 5.73 Å². The normalized spacial score (nSPS) is 17.1. The Hall–Kier alpha value is -2.76. The number of benzene rings is 1. The lowest BCUT2D eigenvalue weighted by molar-refractivity contribution is -0.00434. The lowest BCUT2D eigenvalue weighted by Crippen LogP contribution is -2.28. The fourth-order valence-electron chi connectivity index (χ4n) is 3.14. The smallest absolute Gasteiger partial charge is 0.254 e. The number of nitrogens with zero attached hydrogens (tertiary/aromatic N) is 2. The molecule has 2 aliphatic rings. The summed E-state index contributed by atoms with van der Waals surface area (Å²) in [6.45, 7) is 4.83. The van der Waals surface area contributed by atoms with Crippen molar-refractivity contribution in [2.45, 2.75) is 31.9 Å². The molecule has 1 aliphatic carbocycles. The third-order valence-electron chi connectivity index (χ3n) is 4.94. The molecular weight excluding hydrogens is 432 g/mol. The minimum Gasteiger partial charge on any atom is -0.489 e. The Balaban J connectivity index is 0.00000289. The van der Waals surface area contributed by atoms with Gasteiger partial charge in [0.05, 0.1) is 24.5 Å². The summed E-state index contributed by atoms with van der Waals surface area (Å²) in [7, 11) is 0. The number of carbonyl (C=O) groups is 1. The summed E-state index contributed by atoms with van der Waals surface area (Å²) in [4.78, 5) is 20.3. The van der Waals surface area contributed by atoms with Crippen LogP contribution in [0.5, 0.6) is 5.75 Å². The molecule has 1 fully saturated rings. The van der Waals surface area contributed by atoms with E-state index in [0.717, 1.165) is 30.0 Å². The number of amides is 1. The minimum absolute atomic E-state index is 0. The standard InChI is InChI=1S/C21H28N6O4.H2S/c1-2-29-7-8-30-15-10-23-17-9-14(5-6-18(17)31-12-15)26-21-24-11-16(19(22)28)20(27-21)25-13-3-4-13;/h5-6,9,11,13,15,23H,2-4,7-8,10,12H2,1H3,(H2,22,28)(H2,24,25,26,27);1H2/t15-;/m0./s1. The maximum atomic E-state index is 11.7. The Labute approximate surface area is 194 Å². The quantitative estimate of drug-likeness (QED) is 0.392. The number of fused-ring (bicyclic) bond motifs is 1. The molecule has 0 radical (unpaired) electrons. The number of hydrogen-bond donors (Lipinski definition) is 4. The molecule has 1 amide bonds. The highest BCUT2D eigenvalue weighted by molar-refractivity contribution is 7.59. The first-order chi connectivity index (χ1) is 15.1. The SMILES string of the molecule is CCOCCO[C@H]1CNc2cc(Nc3ncc(C(N)=O)c(NC4CC4)n3)ccc2OC1.S. The Kier molecular flexibility index (Phi) is 8.37. The van der Waals surface area contributed by atoms with Crippen molar-refractivity contribution in [3.63, 3.8) is 0 Å². The second-order valence-corrected chi connectivity index (χ2v) is 7.46. The number of aromatic nitrogens is 2. The molecule has 0 unspecified atom stereocenters. The molecule has 1 aliphatic heterocycles. The van der Waals surface area contributed by atoms with Gasteiger partial charge in [0.15, 0.2) is 0 Å². The maximum absolute atomic E-state index is 11.7. The van der Waals surface area contributed by atoms with Gasteiger partial charge in [-0.3, -0.25) is 4.79 Å². The zero-order valence-corrected chi connectivity index (χ0v) is 19.0. The van der Waals surface area contributed by atoms with Crippen LogP contribution in [0.1, 0.15) is 30.1 Å². The second-order valence-electron chi connectivity index (χ2n) is 7.46. The molecule has 2 heterocycles. The number of rotatable bonds is 10. The van der Waals surface area contributed by atoms with E-state index < -0.39 is 5.91 Å². The highest BCUT2D eigenvalue weighted by Gasteiger charge is 2.24. The van der Waals surface area contributed by atoms with Crippen molar-refractivity contribution in [3.8, 4) is 5.75 Å². The van der Waals surface area contributed by atoms with E-state index in [1.54, 1.807) is 0 Å². The van der Waals surface area contributed by atoms with E-state index in [-0.39, 0.29) is 25.2 Å². The summed E-state index contributed by atoms with van der Waals surface area (Å²) in [5, 5.41) is 9.78. The Morgan fingerprint density at radius 1 is 1.34 bits per heavy atom. The molecule has 0 saturated heterocycles. The third-order valence-corrected chi connectivity index (χ3v) is 4.94. The van der Waals surface area contributed by atoms with Crippen LogP contribution in [0.2, 0.25) is 0 Å². The zero-order chi connectivity index (χ0) is 21.6. The second kappa shape index (κ2) is 11.2. The molecule has 1 aromatic heterocycles. The monoisotopic (exact) mass is 462 g/mol. The Morgan fingerprint density at radius 2 is 2.19 bits per heavy atom. The number of nitrogens with one attached hydrogen (secondary N) is 3. The number of primary amides is 1. The molecule has 0 bridgehead atoms. The van der Waals surface area contributed by atoms with Crippen molar-refractivity contribution >= 4 is 42.5 Å². The van der Waals surface area contributed by atoms with Crippen LogP contribution < -0.4 is 26.4 Å². The van der Waals surface area contributed by atoms with E-state index in [4.69, 9.17) is 19.9 Å². The molecule has 1 atom stereocenters. The van der Waals surface area contributed by atoms with Gasteiger partial charge in [0.25, 0.3) is 5.91 Å². The van der Waals surface area contributed by atoms with Crippen LogP contribution in [0.25, 0.3) is 0 Å². The van der Waals surface area contributed by atoms with Gasteiger partial charge in [-0.25, -0.2) is 4.98 Å². The van der Waals surface area contributed by atoms with Gasteiger partial charge in [-0.2, -0.15) is 18.5 Å². The highest BCUT2D eigenvalue weighted by atomic mass is 32.1. The number of ether oxygens (including phenoxy) is 3. The molecule has 174 valence electrons. The van der Waals surface area contributed by atoms with E-state index in [0.29, 0.717) is 50.8 Å². The molecule has 11 heteroatoms. The van der Waals surface area contributed by atoms with Crippen molar-refractivity contribution in [2.75, 3.05) is 48.9 Å². The van der Waals surface area contributed by atoms with E-state index >= 15 is 0 Å². The van der Waals surface area contributed by atoms with E-state index in [1.165, 1.54) is 6.20 Å². The minimum atomic E-state index is -0.556. The van der Waals surface area contributed by atoms with Gasteiger partial charge < -0.3 is 35.9 Å². The number of anilines is 4. The molecule has 5 N–H and O–H groups in total. The lowest BCUT2D eigenvalue weighted by Gasteiger charge is -2.15. The highest BCUT2D eigenvalue weighted by Crippen LogP contribution is 2.31. The van der Waals surface area contributed by atoms with E-state index in [2.05, 4.69) is 25.9 Å². The molecule has 1 aromatic carbocycles. The summed E-state index contributed by atoms with van der Waals surface area (Å²) in [6.07, 6.45) is 3.48. The van der Waals surface area contributed by atoms with E-state index in [1.807, 2.05) is 25.1 Å². The van der Waals surface area contributed by atoms with Crippen LogP contribution in [0.4, 0.5) is 23.1 Å². The largest absolute Gasteiger partial charge is 0.489 e. The van der Waals surface area contributed by atoms with Crippen molar-refractivity contribution in [1.29, 1.82) is 0 Å². The van der Waals surface area contributed by atoms with Crippen molar-refractivity contribution in [1.82, 2.24) is 9.97 Å². The fourth-order valence-corrected chi connectivity index (χ4v) is 3.14. The number of nitrogens with two attached hydrogens (primary N) is 1. The van der Waals surface area contributed by atoms with Crippen LogP contribution in [-0.2, 0) is 9.47 Å². The molecular formula is C21H30N6O4S. The van der Waals surface area contributed by atoms with Crippen molar-refractivity contribution in [3.05, 3.63) is 30.0 Å². The predicted molar refractivity (Wildman–Crippen MR) is 128 cm³/mol. The predicted octanol–water partition coefficient (Wildman–Crippen LogP) is 2.23. The summed E-state index contributed by atoms with van der Waals surface area (Å²) in [6, 6.07) is 6.03. The Morgan fingerprint density at radius 3 is 2.94 bits per heavy atom. The maximum Gasteiger partial charge on any atom is 0.254 e. The van der Waals surface area contributed by atoms with Gasteiger partial charge >= 0.3 is 0 Å². The first kappa shape index (κ1) is 23.9. The van der Waals surface area contributed by atoms with Crippen LogP contribution in [0.15, 0.2) is 24.4 Å². The molecule has 2 aromatic rings. The topological polar surface area (TPSA) is 133 Å². The first-order valence-electron chi connectivity index (χ1n) is 10.5. The number of carbonyl (C=O) groups excluding carboxylic acids is 1. The van der Waals surface area contributed by atoms with Gasteiger partial charge in [-0.05, 0) is 38.0 Å². The summed E-state index contributed by atoms with van der Waals surface area (Å²) >= 11 is 0. The molecule has 0 spiro atoms. The summed E-state index contributed by atoms with van der Waals surface area (Å²) in [5.41, 5.74) is 7.36. The van der Waals surface area contributed by atoms with E-state index in [9.17, 15) is 4.79 Å². The summed E-state index contributed by atoms with van der Waals surface area (Å²) < 4.78 is 17.0. The molecule has 32 heavy (non-hydrogen) atoms. The molecule has 10 nitrogen and oxygen atoms in total. The summed E-state index contributed by atoms with van der Waals surface area (Å²) in [5.74, 6) is 1.03. The first-order valence-corrected chi connectivity index (χ1v) is 10.5. The average Bonchev–Trinajstić information content (AvgIpc) is 3.59. The zero-order valence-electron chi connectivity index (χ0n) is 18.0. The molecule has 1 saturated carbocycles. The number of hydrogen-bond acceptors (Lipinski definition) is 9.